The molecule has 3 atom stereocenters. The van der Waals surface area contributed by atoms with Gasteiger partial charge in [-0.15, -0.1) is 0 Å². The number of benzene rings is 1. The van der Waals surface area contributed by atoms with E-state index in [-0.39, 0.29) is 36.1 Å². The quantitative estimate of drug-likeness (QED) is 0.362. The third kappa shape index (κ3) is 8.43. The fourth-order valence-corrected chi connectivity index (χ4v) is 5.74. The zero-order valence-electron chi connectivity index (χ0n) is 24.4. The SMILES string of the molecule is CC(/N=C\C1=C(N)CN([C@@H]2CCN(C(=O)c3ccnc(NS(C)(=O)=O)c3)[C@H](C)C2)C1)Nc1cccc(OC(C)C)c1. The van der Waals surface area contributed by atoms with E-state index in [1.54, 1.807) is 6.07 Å². The predicted molar refractivity (Wildman–Crippen MR) is 163 cm³/mol. The van der Waals surface area contributed by atoms with Crippen LogP contribution in [0.25, 0.3) is 0 Å². The van der Waals surface area contributed by atoms with Crippen LogP contribution in [0.3, 0.4) is 0 Å². The summed E-state index contributed by atoms with van der Waals surface area (Å²) >= 11 is 0. The van der Waals surface area contributed by atoms with Gasteiger partial charge in [0.1, 0.15) is 17.7 Å². The van der Waals surface area contributed by atoms with Crippen molar-refractivity contribution in [2.45, 2.75) is 64.9 Å². The van der Waals surface area contributed by atoms with Gasteiger partial charge in [-0.05, 0) is 64.8 Å². The summed E-state index contributed by atoms with van der Waals surface area (Å²) in [5.41, 5.74) is 9.60. The fraction of sp³-hybridized carbons (Fsp3) is 0.483. The lowest BCUT2D eigenvalue weighted by molar-refractivity contribution is 0.0508. The van der Waals surface area contributed by atoms with E-state index in [1.807, 2.05) is 63.1 Å². The number of sulfonamides is 1. The number of piperidine rings is 1. The van der Waals surface area contributed by atoms with Crippen molar-refractivity contribution in [1.82, 2.24) is 14.8 Å². The second-order valence-electron chi connectivity index (χ2n) is 11.1. The normalized spacial score (nSPS) is 21.0. The Morgan fingerprint density at radius 2 is 2.00 bits per heavy atom. The first-order valence-corrected chi connectivity index (χ1v) is 15.8. The number of pyridine rings is 1. The van der Waals surface area contributed by atoms with Crippen molar-refractivity contribution < 1.29 is 17.9 Å². The summed E-state index contributed by atoms with van der Waals surface area (Å²) in [4.78, 5) is 26.2. The Balaban J connectivity index is 1.30. The van der Waals surface area contributed by atoms with Crippen LogP contribution in [0.4, 0.5) is 11.5 Å². The summed E-state index contributed by atoms with van der Waals surface area (Å²) in [5.74, 6) is 0.812. The van der Waals surface area contributed by atoms with Gasteiger partial charge in [0.15, 0.2) is 0 Å². The predicted octanol–water partition coefficient (Wildman–Crippen LogP) is 3.29. The topological polar surface area (TPSA) is 142 Å². The summed E-state index contributed by atoms with van der Waals surface area (Å²) in [5, 5.41) is 3.39. The third-order valence-corrected chi connectivity index (χ3v) is 7.70. The highest BCUT2D eigenvalue weighted by Crippen LogP contribution is 2.27. The minimum Gasteiger partial charge on any atom is -0.491 e. The van der Waals surface area contributed by atoms with Crippen molar-refractivity contribution in [3.63, 3.8) is 0 Å². The van der Waals surface area contributed by atoms with Crippen molar-refractivity contribution >= 4 is 33.7 Å². The molecule has 0 aliphatic carbocycles. The third-order valence-electron chi connectivity index (χ3n) is 7.12. The molecule has 12 heteroatoms. The molecular weight excluding hydrogens is 542 g/mol. The van der Waals surface area contributed by atoms with E-state index in [0.717, 1.165) is 48.3 Å². The highest BCUT2D eigenvalue weighted by Gasteiger charge is 2.34. The largest absolute Gasteiger partial charge is 0.491 e. The number of aromatic nitrogens is 1. The van der Waals surface area contributed by atoms with Gasteiger partial charge in [-0.1, -0.05) is 6.07 Å². The number of hydrogen-bond donors (Lipinski definition) is 3. The second kappa shape index (κ2) is 12.9. The minimum atomic E-state index is -3.48. The summed E-state index contributed by atoms with van der Waals surface area (Å²) < 4.78 is 31.2. The molecule has 2 aliphatic heterocycles. The van der Waals surface area contributed by atoms with Crippen LogP contribution in [0.15, 0.2) is 58.9 Å². The zero-order valence-corrected chi connectivity index (χ0v) is 25.2. The van der Waals surface area contributed by atoms with Crippen LogP contribution in [-0.2, 0) is 10.0 Å². The van der Waals surface area contributed by atoms with Gasteiger partial charge in [0.25, 0.3) is 5.91 Å². The Bertz CT molecular complexity index is 1410. The molecule has 1 fully saturated rings. The monoisotopic (exact) mass is 583 g/mol. The number of rotatable bonds is 10. The summed E-state index contributed by atoms with van der Waals surface area (Å²) in [6.45, 7) is 10.0. The Kier molecular flexibility index (Phi) is 9.54. The number of ether oxygens (including phenoxy) is 1. The highest BCUT2D eigenvalue weighted by atomic mass is 32.2. The average molecular weight is 584 g/mol. The van der Waals surface area contributed by atoms with E-state index >= 15 is 0 Å². The maximum atomic E-state index is 13.3. The van der Waals surface area contributed by atoms with Gasteiger partial charge in [-0.25, -0.2) is 13.4 Å². The lowest BCUT2D eigenvalue weighted by Crippen LogP contribution is -2.50. The van der Waals surface area contributed by atoms with E-state index in [0.29, 0.717) is 18.7 Å². The van der Waals surface area contributed by atoms with Gasteiger partial charge < -0.3 is 20.7 Å². The number of nitrogens with one attached hydrogen (secondary N) is 2. The molecule has 1 unspecified atom stereocenters. The standard InChI is InChI=1S/C29H41N7O4S/c1-19(2)40-26-8-6-7-24(15-26)33-21(4)32-16-23-17-35(18-27(23)30)25-10-12-36(20(3)13-25)29(37)22-9-11-31-28(14-22)34-41(5,38)39/h6-9,11,14-16,19-21,25,33H,10,12-13,17-18,30H2,1-5H3,(H,31,34)/b32-16-/t20-,21?,25-/m1/s1. The van der Waals surface area contributed by atoms with Gasteiger partial charge in [0, 0.05) is 72.7 Å². The summed E-state index contributed by atoms with van der Waals surface area (Å²) in [6, 6.07) is 11.2. The van der Waals surface area contributed by atoms with Crippen LogP contribution in [0, 0.1) is 0 Å². The van der Waals surface area contributed by atoms with E-state index < -0.39 is 10.0 Å². The number of nitrogens with two attached hydrogens (primary N) is 1. The van der Waals surface area contributed by atoms with E-state index in [4.69, 9.17) is 15.5 Å². The van der Waals surface area contributed by atoms with Crippen molar-refractivity contribution in [2.75, 3.05) is 35.9 Å². The molecule has 41 heavy (non-hydrogen) atoms. The molecule has 0 bridgehead atoms. The first-order chi connectivity index (χ1) is 19.4. The van der Waals surface area contributed by atoms with Crippen LogP contribution in [0.1, 0.15) is 50.9 Å². The molecule has 1 aromatic carbocycles. The molecule has 1 aromatic heterocycles. The second-order valence-corrected chi connectivity index (χ2v) is 12.8. The van der Waals surface area contributed by atoms with Crippen molar-refractivity contribution in [1.29, 1.82) is 0 Å². The molecule has 4 rings (SSSR count). The summed E-state index contributed by atoms with van der Waals surface area (Å²) in [7, 11) is -3.48. The van der Waals surface area contributed by atoms with Gasteiger partial charge in [0.2, 0.25) is 10.0 Å². The zero-order chi connectivity index (χ0) is 29.7. The Morgan fingerprint density at radius 1 is 1.22 bits per heavy atom. The minimum absolute atomic E-state index is 0.0133. The van der Waals surface area contributed by atoms with Crippen LogP contribution in [0.5, 0.6) is 5.75 Å². The molecule has 0 spiro atoms. The molecule has 2 aromatic rings. The number of likely N-dealkylation sites (tertiary alicyclic amines) is 1. The molecule has 1 amide bonds. The number of amides is 1. The first-order valence-electron chi connectivity index (χ1n) is 13.9. The molecule has 1 saturated heterocycles. The molecule has 2 aliphatic rings. The van der Waals surface area contributed by atoms with E-state index in [2.05, 4.69) is 19.9 Å². The molecular formula is C29H41N7O4S. The fourth-order valence-electron chi connectivity index (χ4n) is 5.25. The first kappa shape index (κ1) is 30.3. The molecule has 0 saturated carbocycles. The van der Waals surface area contributed by atoms with E-state index in [9.17, 15) is 13.2 Å². The molecule has 4 N–H and O–H groups in total. The highest BCUT2D eigenvalue weighted by molar-refractivity contribution is 7.92. The number of aliphatic imine (C=N–C) groups is 1. The number of anilines is 2. The maximum absolute atomic E-state index is 13.3. The van der Waals surface area contributed by atoms with Crippen LogP contribution in [0.2, 0.25) is 0 Å². The lowest BCUT2D eigenvalue weighted by Gasteiger charge is -2.41. The van der Waals surface area contributed by atoms with Crippen LogP contribution < -0.4 is 20.5 Å². The van der Waals surface area contributed by atoms with Gasteiger partial charge >= 0.3 is 0 Å². The lowest BCUT2D eigenvalue weighted by atomic mass is 9.96. The molecule has 3 heterocycles. The van der Waals surface area contributed by atoms with Crippen molar-refractivity contribution in [3.8, 4) is 5.75 Å². The maximum Gasteiger partial charge on any atom is 0.254 e. The van der Waals surface area contributed by atoms with Gasteiger partial charge in [-0.2, -0.15) is 0 Å². The van der Waals surface area contributed by atoms with Crippen LogP contribution in [-0.4, -0.2) is 85.6 Å². The Morgan fingerprint density at radius 3 is 2.71 bits per heavy atom. The molecule has 222 valence electrons. The van der Waals surface area contributed by atoms with Gasteiger partial charge in [-0.3, -0.25) is 19.4 Å². The molecule has 11 nitrogen and oxygen atoms in total. The number of carbonyl (C=O) groups excluding carboxylic acids is 1. The smallest absolute Gasteiger partial charge is 0.254 e. The van der Waals surface area contributed by atoms with Crippen molar-refractivity contribution in [3.05, 3.63) is 59.4 Å². The van der Waals surface area contributed by atoms with Crippen LogP contribution >= 0.6 is 0 Å². The molecule has 0 radical (unpaired) electrons. The Hall–Kier alpha value is -3.64. The van der Waals surface area contributed by atoms with E-state index in [1.165, 1.54) is 12.3 Å². The number of nitrogens with zero attached hydrogens (tertiary/aromatic N) is 4. The number of hydrogen-bond acceptors (Lipinski definition) is 9. The summed E-state index contributed by atoms with van der Waals surface area (Å²) in [6.07, 6.45) is 5.96. The number of carbonyl (C=O) groups is 1. The van der Waals surface area contributed by atoms with Gasteiger partial charge in [0.05, 0.1) is 12.4 Å². The average Bonchev–Trinajstić information content (AvgIpc) is 3.26. The Labute approximate surface area is 242 Å². The van der Waals surface area contributed by atoms with Crippen molar-refractivity contribution in [2.24, 2.45) is 10.7 Å².